The third-order valence-corrected chi connectivity index (χ3v) is 5.98. The molecule has 0 atom stereocenters. The molecule has 0 unspecified atom stereocenters. The smallest absolute Gasteiger partial charge is 0.244 e. The topological polar surface area (TPSA) is 56.1 Å². The molecule has 1 amide bonds. The molecule has 0 bridgehead atoms. The van der Waals surface area contributed by atoms with E-state index in [1.807, 2.05) is 66.7 Å². The van der Waals surface area contributed by atoms with E-state index in [0.29, 0.717) is 19.6 Å². The van der Waals surface area contributed by atoms with Gasteiger partial charge in [0.15, 0.2) is 0 Å². The summed E-state index contributed by atoms with van der Waals surface area (Å²) < 4.78 is 8.19. The summed E-state index contributed by atoms with van der Waals surface area (Å²) in [5, 5.41) is 2.98. The van der Waals surface area contributed by atoms with Gasteiger partial charge in [0.05, 0.1) is 17.6 Å². The molecule has 1 heterocycles. The lowest BCUT2D eigenvalue weighted by atomic mass is 10.2. The van der Waals surface area contributed by atoms with Crippen molar-refractivity contribution < 1.29 is 9.53 Å². The molecule has 0 fully saturated rings. The predicted octanol–water partition coefficient (Wildman–Crippen LogP) is 5.83. The molecular weight excluding hydrogens is 434 g/mol. The zero-order chi connectivity index (χ0) is 24.3. The van der Waals surface area contributed by atoms with Gasteiger partial charge in [0.2, 0.25) is 5.91 Å². The molecule has 0 radical (unpaired) electrons. The Kier molecular flexibility index (Phi) is 8.71. The molecular formula is C30H33N3O2. The number of para-hydroxylation sites is 2. The SMILES string of the molecule is CCc1ccc(OCCCCn2c(CCNC(=O)/C=C/c3ccccc3)nc3ccccc32)cc1. The van der Waals surface area contributed by atoms with Gasteiger partial charge in [0.25, 0.3) is 0 Å². The van der Waals surface area contributed by atoms with Crippen LogP contribution in [-0.4, -0.2) is 28.6 Å². The van der Waals surface area contributed by atoms with Gasteiger partial charge < -0.3 is 14.6 Å². The van der Waals surface area contributed by atoms with Gasteiger partial charge in [-0.2, -0.15) is 0 Å². The van der Waals surface area contributed by atoms with Crippen molar-refractivity contribution >= 4 is 23.0 Å². The zero-order valence-electron chi connectivity index (χ0n) is 20.3. The summed E-state index contributed by atoms with van der Waals surface area (Å²) in [6.45, 7) is 4.26. The van der Waals surface area contributed by atoms with Gasteiger partial charge >= 0.3 is 0 Å². The van der Waals surface area contributed by atoms with Crippen molar-refractivity contribution in [2.75, 3.05) is 13.2 Å². The summed E-state index contributed by atoms with van der Waals surface area (Å²) in [5.74, 6) is 1.82. The first-order valence-electron chi connectivity index (χ1n) is 12.4. The molecule has 0 aliphatic carbocycles. The molecule has 3 aromatic carbocycles. The van der Waals surface area contributed by atoms with Crippen molar-refractivity contribution in [1.82, 2.24) is 14.9 Å². The summed E-state index contributed by atoms with van der Waals surface area (Å²) in [5.41, 5.74) is 4.45. The van der Waals surface area contributed by atoms with Crippen molar-refractivity contribution in [2.45, 2.75) is 39.2 Å². The van der Waals surface area contributed by atoms with Crippen LogP contribution < -0.4 is 10.1 Å². The molecule has 4 rings (SSSR count). The maximum absolute atomic E-state index is 12.2. The first kappa shape index (κ1) is 24.3. The Morgan fingerprint density at radius 2 is 1.74 bits per heavy atom. The lowest BCUT2D eigenvalue weighted by Crippen LogP contribution is -2.24. The third kappa shape index (κ3) is 7.06. The Morgan fingerprint density at radius 1 is 0.971 bits per heavy atom. The molecule has 0 aliphatic rings. The summed E-state index contributed by atoms with van der Waals surface area (Å²) in [6.07, 6.45) is 7.07. The van der Waals surface area contributed by atoms with E-state index in [9.17, 15) is 4.79 Å². The van der Waals surface area contributed by atoms with Crippen molar-refractivity contribution in [3.63, 3.8) is 0 Å². The van der Waals surface area contributed by atoms with Gasteiger partial charge in [-0.15, -0.1) is 0 Å². The van der Waals surface area contributed by atoms with Gasteiger partial charge in [-0.1, -0.05) is 61.5 Å². The van der Waals surface area contributed by atoms with Crippen LogP contribution in [0.1, 0.15) is 36.7 Å². The number of nitrogens with one attached hydrogen (secondary N) is 1. The Morgan fingerprint density at radius 3 is 2.54 bits per heavy atom. The molecule has 1 N–H and O–H groups in total. The van der Waals surface area contributed by atoms with E-state index in [1.165, 1.54) is 5.56 Å². The van der Waals surface area contributed by atoms with Crippen molar-refractivity contribution in [1.29, 1.82) is 0 Å². The van der Waals surface area contributed by atoms with Crippen LogP contribution in [0.5, 0.6) is 5.75 Å². The Hall–Kier alpha value is -3.86. The number of nitrogens with zero attached hydrogens (tertiary/aromatic N) is 2. The second-order valence-electron chi connectivity index (χ2n) is 8.51. The van der Waals surface area contributed by atoms with Gasteiger partial charge in [-0.25, -0.2) is 4.98 Å². The monoisotopic (exact) mass is 467 g/mol. The van der Waals surface area contributed by atoms with E-state index in [0.717, 1.165) is 54.0 Å². The minimum Gasteiger partial charge on any atom is -0.494 e. The second-order valence-corrected chi connectivity index (χ2v) is 8.51. The Bertz CT molecular complexity index is 1240. The maximum atomic E-state index is 12.2. The lowest BCUT2D eigenvalue weighted by molar-refractivity contribution is -0.116. The van der Waals surface area contributed by atoms with Crippen LogP contribution in [0, 0.1) is 0 Å². The minimum absolute atomic E-state index is 0.0966. The number of aromatic nitrogens is 2. The second kappa shape index (κ2) is 12.6. The number of hydrogen-bond donors (Lipinski definition) is 1. The molecule has 0 saturated heterocycles. The fourth-order valence-corrected chi connectivity index (χ4v) is 4.04. The summed E-state index contributed by atoms with van der Waals surface area (Å²) in [4.78, 5) is 17.0. The minimum atomic E-state index is -0.0966. The summed E-state index contributed by atoms with van der Waals surface area (Å²) >= 11 is 0. The summed E-state index contributed by atoms with van der Waals surface area (Å²) in [7, 11) is 0. The van der Waals surface area contributed by atoms with Crippen molar-refractivity contribution in [3.8, 4) is 5.75 Å². The number of fused-ring (bicyclic) bond motifs is 1. The summed E-state index contributed by atoms with van der Waals surface area (Å²) in [6, 6.07) is 26.4. The van der Waals surface area contributed by atoms with Crippen LogP contribution in [0.2, 0.25) is 0 Å². The number of hydrogen-bond acceptors (Lipinski definition) is 3. The molecule has 0 spiro atoms. The fourth-order valence-electron chi connectivity index (χ4n) is 4.04. The van der Waals surface area contributed by atoms with Crippen LogP contribution in [0.4, 0.5) is 0 Å². The normalized spacial score (nSPS) is 11.2. The number of imidazole rings is 1. The zero-order valence-corrected chi connectivity index (χ0v) is 20.3. The molecule has 1 aromatic heterocycles. The number of aryl methyl sites for hydroxylation is 2. The number of unbranched alkanes of at least 4 members (excludes halogenated alkanes) is 1. The number of ether oxygens (including phenoxy) is 1. The molecule has 35 heavy (non-hydrogen) atoms. The van der Waals surface area contributed by atoms with E-state index in [1.54, 1.807) is 6.08 Å². The molecule has 5 heteroatoms. The molecule has 0 aliphatic heterocycles. The van der Waals surface area contributed by atoms with Crippen LogP contribution >= 0.6 is 0 Å². The number of carbonyl (C=O) groups is 1. The highest BCUT2D eigenvalue weighted by atomic mass is 16.5. The van der Waals surface area contributed by atoms with E-state index >= 15 is 0 Å². The first-order chi connectivity index (χ1) is 17.2. The third-order valence-electron chi connectivity index (χ3n) is 5.98. The predicted molar refractivity (Wildman–Crippen MR) is 142 cm³/mol. The number of benzene rings is 3. The largest absolute Gasteiger partial charge is 0.494 e. The van der Waals surface area contributed by atoms with Gasteiger partial charge in [0.1, 0.15) is 11.6 Å². The standard InChI is InChI=1S/C30H33N3O2/c1-2-24-14-17-26(18-15-24)35-23-9-8-22-33-28-13-7-6-12-27(28)32-29(33)20-21-31-30(34)19-16-25-10-4-3-5-11-25/h3-7,10-19H,2,8-9,20-23H2,1H3,(H,31,34)/b19-16+. The number of carbonyl (C=O) groups excluding carboxylic acids is 1. The number of rotatable bonds is 12. The maximum Gasteiger partial charge on any atom is 0.244 e. The van der Waals surface area contributed by atoms with Crippen LogP contribution in [0.3, 0.4) is 0 Å². The average molecular weight is 468 g/mol. The van der Waals surface area contributed by atoms with E-state index < -0.39 is 0 Å². The molecule has 0 saturated carbocycles. The lowest BCUT2D eigenvalue weighted by Gasteiger charge is -2.11. The average Bonchev–Trinajstić information content (AvgIpc) is 3.25. The van der Waals surface area contributed by atoms with Gasteiger partial charge in [-0.05, 0) is 60.7 Å². The quantitative estimate of drug-likeness (QED) is 0.211. The van der Waals surface area contributed by atoms with Gasteiger partial charge in [0, 0.05) is 25.6 Å². The molecule has 4 aromatic rings. The first-order valence-corrected chi connectivity index (χ1v) is 12.4. The van der Waals surface area contributed by atoms with Crippen molar-refractivity contribution in [3.05, 3.63) is 102 Å². The number of amides is 1. The van der Waals surface area contributed by atoms with Crippen molar-refractivity contribution in [2.24, 2.45) is 0 Å². The fraction of sp³-hybridized carbons (Fsp3) is 0.267. The van der Waals surface area contributed by atoms with Gasteiger partial charge in [-0.3, -0.25) is 4.79 Å². The van der Waals surface area contributed by atoms with Crippen LogP contribution in [0.25, 0.3) is 17.1 Å². The highest BCUT2D eigenvalue weighted by Gasteiger charge is 2.10. The molecule has 5 nitrogen and oxygen atoms in total. The van der Waals surface area contributed by atoms with Crippen LogP contribution in [0.15, 0.2) is 84.9 Å². The highest BCUT2D eigenvalue weighted by molar-refractivity contribution is 5.91. The van der Waals surface area contributed by atoms with E-state index in [-0.39, 0.29) is 5.91 Å². The Labute approximate surface area is 207 Å². The highest BCUT2D eigenvalue weighted by Crippen LogP contribution is 2.18. The Balaban J connectivity index is 1.28. The molecule has 180 valence electrons. The van der Waals surface area contributed by atoms with E-state index in [2.05, 4.69) is 35.0 Å². The van der Waals surface area contributed by atoms with E-state index in [4.69, 9.17) is 9.72 Å². The van der Waals surface area contributed by atoms with Crippen LogP contribution in [-0.2, 0) is 24.2 Å².